The van der Waals surface area contributed by atoms with E-state index in [1.54, 1.807) is 22.7 Å². The molecule has 0 spiro atoms. The maximum atomic E-state index is 13.5. The van der Waals surface area contributed by atoms with Crippen molar-refractivity contribution in [3.63, 3.8) is 0 Å². The van der Waals surface area contributed by atoms with E-state index in [2.05, 4.69) is 4.90 Å². The Labute approximate surface area is 202 Å². The number of nitrogens with zero attached hydrogens (tertiary/aromatic N) is 2. The molecule has 0 saturated carbocycles. The minimum Gasteiger partial charge on any atom is -0.486 e. The summed E-state index contributed by atoms with van der Waals surface area (Å²) in [6.07, 6.45) is 2.01. The summed E-state index contributed by atoms with van der Waals surface area (Å²) in [6.45, 7) is 1.68. The maximum Gasteiger partial charge on any atom is 0.341 e. The largest absolute Gasteiger partial charge is 0.486 e. The van der Waals surface area contributed by atoms with Gasteiger partial charge in [-0.05, 0) is 48.7 Å². The van der Waals surface area contributed by atoms with E-state index in [4.69, 9.17) is 14.6 Å². The normalized spacial score (nSPS) is 12.4. The number of thioether (sulfide) groups is 1. The van der Waals surface area contributed by atoms with Gasteiger partial charge in [-0.2, -0.15) is 0 Å². The third kappa shape index (κ3) is 5.46. The average molecular weight is 479 g/mol. The number of hydrogen-bond acceptors (Lipinski definition) is 6. The minimum absolute atomic E-state index is 0.0640. The summed E-state index contributed by atoms with van der Waals surface area (Å²) in [5.74, 6) is -0.187. The summed E-state index contributed by atoms with van der Waals surface area (Å²) in [4.78, 5) is 29.4. The molecule has 7 nitrogen and oxygen atoms in total. The van der Waals surface area contributed by atoms with Crippen molar-refractivity contribution in [3.05, 3.63) is 78.4 Å². The van der Waals surface area contributed by atoms with Crippen molar-refractivity contribution in [2.24, 2.45) is 0 Å². The predicted octanol–water partition coefficient (Wildman–Crippen LogP) is 4.42. The SMILES string of the molecule is CSc1cccc(N(CCN2CCOc3c(OCC(=O)O)cccc32)C(=O)c2ccccc2)c1. The lowest BCUT2D eigenvalue weighted by Crippen LogP contribution is -2.41. The monoisotopic (exact) mass is 478 g/mol. The Kier molecular flexibility index (Phi) is 7.59. The fraction of sp³-hybridized carbons (Fsp3) is 0.231. The molecule has 0 saturated heterocycles. The zero-order chi connectivity index (χ0) is 23.9. The van der Waals surface area contributed by atoms with Crippen LogP contribution in [0.5, 0.6) is 11.5 Å². The highest BCUT2D eigenvalue weighted by Gasteiger charge is 2.24. The van der Waals surface area contributed by atoms with Crippen LogP contribution in [0.1, 0.15) is 10.4 Å². The first kappa shape index (κ1) is 23.5. The standard InChI is InChI=1S/C26H26N2O5S/c1-34-21-10-5-9-20(17-21)28(26(31)19-7-3-2-4-8-19)14-13-27-15-16-32-25-22(27)11-6-12-23(25)33-18-24(29)30/h2-12,17H,13-16,18H2,1H3,(H,29,30). The maximum absolute atomic E-state index is 13.5. The summed E-state index contributed by atoms with van der Waals surface area (Å²) in [7, 11) is 0. The average Bonchev–Trinajstić information content (AvgIpc) is 2.88. The Morgan fingerprint density at radius 1 is 1.09 bits per heavy atom. The molecule has 34 heavy (non-hydrogen) atoms. The molecule has 0 aromatic heterocycles. The number of carbonyl (C=O) groups excluding carboxylic acids is 1. The van der Waals surface area contributed by atoms with Gasteiger partial charge in [0.15, 0.2) is 18.1 Å². The predicted molar refractivity (Wildman–Crippen MR) is 134 cm³/mol. The Hall–Kier alpha value is -3.65. The summed E-state index contributed by atoms with van der Waals surface area (Å²) in [5.41, 5.74) is 2.29. The highest BCUT2D eigenvalue weighted by atomic mass is 32.2. The summed E-state index contributed by atoms with van der Waals surface area (Å²) in [6, 6.07) is 22.6. The lowest BCUT2D eigenvalue weighted by Gasteiger charge is -2.34. The van der Waals surface area contributed by atoms with E-state index in [1.165, 1.54) is 0 Å². The number of hydrogen-bond donors (Lipinski definition) is 1. The molecular formula is C26H26N2O5S. The van der Waals surface area contributed by atoms with Crippen LogP contribution in [0.3, 0.4) is 0 Å². The molecule has 0 aliphatic carbocycles. The molecule has 1 amide bonds. The molecule has 176 valence electrons. The molecule has 8 heteroatoms. The molecule has 0 radical (unpaired) electrons. The van der Waals surface area contributed by atoms with Crippen LogP contribution in [-0.2, 0) is 4.79 Å². The molecule has 1 N–H and O–H groups in total. The third-order valence-corrected chi connectivity index (χ3v) is 6.21. The lowest BCUT2D eigenvalue weighted by molar-refractivity contribution is -0.139. The van der Waals surface area contributed by atoms with Crippen molar-refractivity contribution in [1.29, 1.82) is 0 Å². The van der Waals surface area contributed by atoms with Crippen molar-refractivity contribution in [2.75, 3.05) is 48.9 Å². The zero-order valence-electron chi connectivity index (χ0n) is 18.8. The molecule has 3 aromatic rings. The topological polar surface area (TPSA) is 79.3 Å². The van der Waals surface area contributed by atoms with Crippen molar-refractivity contribution in [2.45, 2.75) is 4.90 Å². The molecule has 0 fully saturated rings. The van der Waals surface area contributed by atoms with Gasteiger partial charge in [-0.25, -0.2) is 4.79 Å². The number of rotatable bonds is 9. The van der Waals surface area contributed by atoms with Crippen LogP contribution in [0, 0.1) is 0 Å². The fourth-order valence-corrected chi connectivity index (χ4v) is 4.30. The number of ether oxygens (including phenoxy) is 2. The fourth-order valence-electron chi connectivity index (χ4n) is 3.85. The number of carbonyl (C=O) groups is 2. The van der Waals surface area contributed by atoms with Gasteiger partial charge >= 0.3 is 5.97 Å². The summed E-state index contributed by atoms with van der Waals surface area (Å²) >= 11 is 1.63. The number of benzene rings is 3. The third-order valence-electron chi connectivity index (χ3n) is 5.48. The number of carboxylic acids is 1. The molecule has 0 unspecified atom stereocenters. The van der Waals surface area contributed by atoms with E-state index in [-0.39, 0.29) is 5.91 Å². The Balaban J connectivity index is 1.58. The van der Waals surface area contributed by atoms with E-state index in [0.29, 0.717) is 43.3 Å². The van der Waals surface area contributed by atoms with E-state index in [0.717, 1.165) is 16.3 Å². The smallest absolute Gasteiger partial charge is 0.341 e. The van der Waals surface area contributed by atoms with Crippen LogP contribution >= 0.6 is 11.8 Å². The number of carboxylic acid groups (broad SMARTS) is 1. The van der Waals surface area contributed by atoms with Gasteiger partial charge in [0.1, 0.15) is 6.61 Å². The quantitative estimate of drug-likeness (QED) is 0.456. The van der Waals surface area contributed by atoms with Crippen LogP contribution < -0.4 is 19.3 Å². The minimum atomic E-state index is -1.05. The number of aliphatic carboxylic acids is 1. The van der Waals surface area contributed by atoms with Gasteiger partial charge in [-0.15, -0.1) is 11.8 Å². The summed E-state index contributed by atoms with van der Waals surface area (Å²) < 4.78 is 11.2. The van der Waals surface area contributed by atoms with Gasteiger partial charge in [-0.1, -0.05) is 30.3 Å². The van der Waals surface area contributed by atoms with Crippen molar-refractivity contribution in [1.82, 2.24) is 0 Å². The molecule has 0 bridgehead atoms. The highest BCUT2D eigenvalue weighted by molar-refractivity contribution is 7.98. The molecule has 4 rings (SSSR count). The Morgan fingerprint density at radius 2 is 1.88 bits per heavy atom. The van der Waals surface area contributed by atoms with Crippen molar-refractivity contribution >= 4 is 35.0 Å². The number of anilines is 2. The number of amides is 1. The molecule has 1 aliphatic rings. The van der Waals surface area contributed by atoms with Gasteiger partial charge in [-0.3, -0.25) is 4.79 Å². The molecule has 1 aliphatic heterocycles. The molecule has 3 aromatic carbocycles. The first-order chi connectivity index (χ1) is 16.6. The van der Waals surface area contributed by atoms with Crippen molar-refractivity contribution < 1.29 is 24.2 Å². The van der Waals surface area contributed by atoms with Crippen LogP contribution in [-0.4, -0.2) is 56.1 Å². The second kappa shape index (κ2) is 11.0. The highest BCUT2D eigenvalue weighted by Crippen LogP contribution is 2.40. The van der Waals surface area contributed by atoms with Gasteiger partial charge in [0.05, 0.1) is 12.2 Å². The van der Waals surface area contributed by atoms with E-state index in [1.807, 2.05) is 73.0 Å². The van der Waals surface area contributed by atoms with Gasteiger partial charge in [0, 0.05) is 29.2 Å². The van der Waals surface area contributed by atoms with E-state index >= 15 is 0 Å². The van der Waals surface area contributed by atoms with Crippen LogP contribution in [0.2, 0.25) is 0 Å². The molecule has 1 heterocycles. The second-order valence-corrected chi connectivity index (χ2v) is 8.53. The number of fused-ring (bicyclic) bond motifs is 1. The van der Waals surface area contributed by atoms with Crippen molar-refractivity contribution in [3.8, 4) is 11.5 Å². The van der Waals surface area contributed by atoms with E-state index < -0.39 is 12.6 Å². The van der Waals surface area contributed by atoms with Crippen LogP contribution in [0.4, 0.5) is 11.4 Å². The molecular weight excluding hydrogens is 452 g/mol. The van der Waals surface area contributed by atoms with Crippen LogP contribution in [0.25, 0.3) is 0 Å². The Bertz CT molecular complexity index is 1150. The van der Waals surface area contributed by atoms with Crippen LogP contribution in [0.15, 0.2) is 77.7 Å². The molecule has 0 atom stereocenters. The lowest BCUT2D eigenvalue weighted by atomic mass is 10.1. The van der Waals surface area contributed by atoms with Gasteiger partial charge in [0.25, 0.3) is 5.91 Å². The Morgan fingerprint density at radius 3 is 2.65 bits per heavy atom. The number of para-hydroxylation sites is 1. The van der Waals surface area contributed by atoms with Gasteiger partial charge in [0.2, 0.25) is 0 Å². The summed E-state index contributed by atoms with van der Waals surface area (Å²) in [5, 5.41) is 8.95. The second-order valence-electron chi connectivity index (χ2n) is 7.65. The first-order valence-corrected chi connectivity index (χ1v) is 12.2. The first-order valence-electron chi connectivity index (χ1n) is 10.9. The van der Waals surface area contributed by atoms with E-state index in [9.17, 15) is 9.59 Å². The van der Waals surface area contributed by atoms with Gasteiger partial charge < -0.3 is 24.4 Å². The zero-order valence-corrected chi connectivity index (χ0v) is 19.7.